The van der Waals surface area contributed by atoms with Crippen LogP contribution in [0.5, 0.6) is 0 Å². The van der Waals surface area contributed by atoms with Gasteiger partial charge in [0.2, 0.25) is 0 Å². The van der Waals surface area contributed by atoms with E-state index in [1.54, 1.807) is 6.08 Å². The normalized spacial score (nSPS) is 44.9. The van der Waals surface area contributed by atoms with Crippen LogP contribution < -0.4 is 0 Å². The molecule has 1 fully saturated rings. The minimum absolute atomic E-state index is 0.0718. The van der Waals surface area contributed by atoms with Crippen molar-refractivity contribution in [3.8, 4) is 0 Å². The van der Waals surface area contributed by atoms with Crippen LogP contribution in [0.25, 0.3) is 0 Å². The van der Waals surface area contributed by atoms with Crippen LogP contribution >= 0.6 is 0 Å². The Labute approximate surface area is 91.4 Å². The molecule has 0 aromatic carbocycles. The maximum atomic E-state index is 11.5. The molecule has 2 aliphatic rings. The smallest absolute Gasteiger partial charge is 0.158 e. The zero-order valence-electron chi connectivity index (χ0n) is 9.79. The number of hydrogen-bond donors (Lipinski definition) is 1. The van der Waals surface area contributed by atoms with Crippen molar-refractivity contribution < 1.29 is 9.90 Å². The summed E-state index contributed by atoms with van der Waals surface area (Å²) in [6.07, 6.45) is 5.99. The molecule has 1 saturated carbocycles. The Balaban J connectivity index is 2.50. The molecule has 0 spiro atoms. The van der Waals surface area contributed by atoms with E-state index in [2.05, 4.69) is 20.8 Å². The second kappa shape index (κ2) is 3.18. The van der Waals surface area contributed by atoms with Gasteiger partial charge in [-0.25, -0.2) is 0 Å². The Hall–Kier alpha value is -0.630. The molecular formula is C13H20O2. The molecular weight excluding hydrogens is 188 g/mol. The molecule has 84 valence electrons. The van der Waals surface area contributed by atoms with Crippen LogP contribution in [0.4, 0.5) is 0 Å². The lowest BCUT2D eigenvalue weighted by molar-refractivity contribution is -0.134. The maximum Gasteiger partial charge on any atom is 0.158 e. The molecule has 2 heteroatoms. The summed E-state index contributed by atoms with van der Waals surface area (Å²) in [5, 5.41) is 10.8. The Morgan fingerprint density at radius 3 is 2.80 bits per heavy atom. The molecule has 0 heterocycles. The highest BCUT2D eigenvalue weighted by Crippen LogP contribution is 2.58. The van der Waals surface area contributed by atoms with E-state index in [0.29, 0.717) is 12.3 Å². The number of fused-ring (bicyclic) bond motifs is 1. The Kier molecular flexibility index (Phi) is 2.30. The van der Waals surface area contributed by atoms with Crippen molar-refractivity contribution in [2.24, 2.45) is 17.3 Å². The fourth-order valence-corrected chi connectivity index (χ4v) is 3.48. The molecule has 0 unspecified atom stereocenters. The van der Waals surface area contributed by atoms with Gasteiger partial charge < -0.3 is 5.11 Å². The zero-order valence-corrected chi connectivity index (χ0v) is 9.79. The monoisotopic (exact) mass is 208 g/mol. The number of hydrogen-bond acceptors (Lipinski definition) is 2. The molecule has 0 radical (unpaired) electrons. The molecule has 1 N–H and O–H groups in total. The van der Waals surface area contributed by atoms with Crippen LogP contribution in [0.2, 0.25) is 0 Å². The van der Waals surface area contributed by atoms with Crippen molar-refractivity contribution in [3.05, 3.63) is 12.2 Å². The first-order valence-corrected chi connectivity index (χ1v) is 5.87. The van der Waals surface area contributed by atoms with Gasteiger partial charge in [-0.2, -0.15) is 0 Å². The topological polar surface area (TPSA) is 37.3 Å². The van der Waals surface area contributed by atoms with E-state index in [9.17, 15) is 9.90 Å². The van der Waals surface area contributed by atoms with E-state index in [4.69, 9.17) is 0 Å². The summed E-state index contributed by atoms with van der Waals surface area (Å²) in [4.78, 5) is 11.5. The first-order chi connectivity index (χ1) is 6.92. The summed E-state index contributed by atoms with van der Waals surface area (Å²) in [5.74, 6) is 0.688. The lowest BCUT2D eigenvalue weighted by Crippen LogP contribution is -2.52. The minimum Gasteiger partial charge on any atom is -0.388 e. The number of carbonyl (C=O) groups is 1. The van der Waals surface area contributed by atoms with Gasteiger partial charge in [-0.1, -0.05) is 26.8 Å². The summed E-state index contributed by atoms with van der Waals surface area (Å²) in [5.41, 5.74) is -0.965. The Morgan fingerprint density at radius 1 is 1.53 bits per heavy atom. The van der Waals surface area contributed by atoms with Gasteiger partial charge >= 0.3 is 0 Å². The van der Waals surface area contributed by atoms with E-state index in [-0.39, 0.29) is 17.1 Å². The molecule has 0 amide bonds. The number of aliphatic hydroxyl groups is 1. The third kappa shape index (κ3) is 1.24. The van der Waals surface area contributed by atoms with Crippen molar-refractivity contribution in [1.82, 2.24) is 0 Å². The largest absolute Gasteiger partial charge is 0.388 e. The van der Waals surface area contributed by atoms with Crippen LogP contribution in [0, 0.1) is 17.3 Å². The summed E-state index contributed by atoms with van der Waals surface area (Å²) < 4.78 is 0. The molecule has 0 aliphatic heterocycles. The Morgan fingerprint density at radius 2 is 2.20 bits per heavy atom. The van der Waals surface area contributed by atoms with Gasteiger partial charge in [-0.05, 0) is 30.8 Å². The van der Waals surface area contributed by atoms with Gasteiger partial charge in [0.25, 0.3) is 0 Å². The van der Waals surface area contributed by atoms with E-state index in [0.717, 1.165) is 12.8 Å². The van der Waals surface area contributed by atoms with Crippen LogP contribution in [0.15, 0.2) is 12.2 Å². The van der Waals surface area contributed by atoms with E-state index in [1.165, 1.54) is 0 Å². The molecule has 2 nitrogen and oxygen atoms in total. The summed E-state index contributed by atoms with van der Waals surface area (Å²) >= 11 is 0. The first kappa shape index (κ1) is 10.9. The molecule has 15 heavy (non-hydrogen) atoms. The minimum atomic E-state index is -0.799. The van der Waals surface area contributed by atoms with Gasteiger partial charge in [0.05, 0.1) is 5.60 Å². The van der Waals surface area contributed by atoms with Crippen molar-refractivity contribution in [2.75, 3.05) is 0 Å². The summed E-state index contributed by atoms with van der Waals surface area (Å²) in [6.45, 7) is 6.35. The first-order valence-electron chi connectivity index (χ1n) is 5.87. The van der Waals surface area contributed by atoms with Crippen molar-refractivity contribution in [3.63, 3.8) is 0 Å². The van der Waals surface area contributed by atoms with Crippen molar-refractivity contribution in [1.29, 1.82) is 0 Å². The fraction of sp³-hybridized carbons (Fsp3) is 0.769. The molecule has 2 aliphatic carbocycles. The average Bonchev–Trinajstić information content (AvgIpc) is 2.40. The van der Waals surface area contributed by atoms with Crippen LogP contribution in [0.3, 0.4) is 0 Å². The molecule has 3 atom stereocenters. The molecule has 0 saturated heterocycles. The highest BCUT2D eigenvalue weighted by molar-refractivity contribution is 5.92. The van der Waals surface area contributed by atoms with E-state index < -0.39 is 5.60 Å². The highest BCUT2D eigenvalue weighted by atomic mass is 16.3. The second-order valence-electron chi connectivity index (χ2n) is 5.54. The highest BCUT2D eigenvalue weighted by Gasteiger charge is 2.59. The number of allylic oxidation sites excluding steroid dienone is 1. The van der Waals surface area contributed by atoms with Crippen LogP contribution in [-0.4, -0.2) is 16.5 Å². The molecule has 2 rings (SSSR count). The lowest BCUT2D eigenvalue weighted by Gasteiger charge is -2.47. The molecule has 0 aromatic rings. The van der Waals surface area contributed by atoms with Crippen molar-refractivity contribution >= 4 is 5.78 Å². The third-order valence-electron chi connectivity index (χ3n) is 4.65. The van der Waals surface area contributed by atoms with Crippen LogP contribution in [-0.2, 0) is 4.79 Å². The average molecular weight is 208 g/mol. The zero-order chi connectivity index (χ0) is 11.3. The predicted octanol–water partition coefficient (Wildman–Crippen LogP) is 2.32. The van der Waals surface area contributed by atoms with Gasteiger partial charge in [-0.3, -0.25) is 4.79 Å². The summed E-state index contributed by atoms with van der Waals surface area (Å²) in [7, 11) is 0. The quantitative estimate of drug-likeness (QED) is 0.718. The maximum absolute atomic E-state index is 11.5. The fourth-order valence-electron chi connectivity index (χ4n) is 3.48. The van der Waals surface area contributed by atoms with Gasteiger partial charge in [0.1, 0.15) is 0 Å². The van der Waals surface area contributed by atoms with Gasteiger partial charge in [-0.15, -0.1) is 0 Å². The Bertz CT molecular complexity index is 318. The van der Waals surface area contributed by atoms with Crippen molar-refractivity contribution in [2.45, 2.75) is 45.6 Å². The summed E-state index contributed by atoms with van der Waals surface area (Å²) in [6, 6.07) is 0. The SMILES string of the molecule is CC(C)[C@@]12C=CC(=O)C[C@@]1(O)[C@H](C)CC2. The van der Waals surface area contributed by atoms with E-state index >= 15 is 0 Å². The lowest BCUT2D eigenvalue weighted by atomic mass is 9.61. The van der Waals surface area contributed by atoms with Crippen LogP contribution in [0.1, 0.15) is 40.0 Å². The second-order valence-corrected chi connectivity index (χ2v) is 5.54. The number of carbonyl (C=O) groups excluding carboxylic acids is 1. The predicted molar refractivity (Wildman–Crippen MR) is 59.4 cm³/mol. The number of rotatable bonds is 1. The standard InChI is InChI=1S/C13H20O2/c1-9(2)12-6-4-10(3)13(12,15)8-11(14)5-7-12/h5,7,9-10,15H,4,6,8H2,1-3H3/t10-,12-,13-/m1/s1. The van der Waals surface area contributed by atoms with Gasteiger partial charge in [0, 0.05) is 11.8 Å². The molecule has 0 bridgehead atoms. The number of ketones is 1. The van der Waals surface area contributed by atoms with Gasteiger partial charge in [0.15, 0.2) is 5.78 Å². The van der Waals surface area contributed by atoms with E-state index in [1.807, 2.05) is 6.08 Å². The molecule has 0 aromatic heterocycles. The third-order valence-corrected chi connectivity index (χ3v) is 4.65.